The standard InChI is InChI=1S/C11H13FO2/c1-7-3-4-8(11(13)5-6-11)10(14-2)9(7)12/h3-4,13H,5-6H2,1-2H3. The number of rotatable bonds is 2. The Bertz CT molecular complexity index is 370. The Labute approximate surface area is 82.3 Å². The lowest BCUT2D eigenvalue weighted by Crippen LogP contribution is -2.08. The van der Waals surface area contributed by atoms with E-state index < -0.39 is 5.60 Å². The summed E-state index contributed by atoms with van der Waals surface area (Å²) < 4.78 is 18.6. The smallest absolute Gasteiger partial charge is 0.168 e. The number of hydrogen-bond acceptors (Lipinski definition) is 2. The minimum Gasteiger partial charge on any atom is -0.493 e. The second kappa shape index (κ2) is 2.95. The Balaban J connectivity index is 2.55. The molecule has 0 saturated heterocycles. The van der Waals surface area contributed by atoms with Crippen molar-refractivity contribution in [3.8, 4) is 5.75 Å². The predicted molar refractivity (Wildman–Crippen MR) is 50.8 cm³/mol. The molecule has 14 heavy (non-hydrogen) atoms. The molecular formula is C11H13FO2. The van der Waals surface area contributed by atoms with E-state index in [4.69, 9.17) is 4.74 Å². The summed E-state index contributed by atoms with van der Waals surface area (Å²) in [6, 6.07) is 3.41. The van der Waals surface area contributed by atoms with E-state index in [0.717, 1.165) is 0 Å². The summed E-state index contributed by atoms with van der Waals surface area (Å²) in [7, 11) is 1.42. The van der Waals surface area contributed by atoms with Gasteiger partial charge in [-0.3, -0.25) is 0 Å². The van der Waals surface area contributed by atoms with Gasteiger partial charge in [0.1, 0.15) is 0 Å². The molecule has 0 bridgehead atoms. The summed E-state index contributed by atoms with van der Waals surface area (Å²) in [6.45, 7) is 1.68. The molecule has 1 aliphatic rings. The molecule has 1 saturated carbocycles. The molecule has 1 aromatic rings. The normalized spacial score (nSPS) is 18.0. The SMILES string of the molecule is COc1c(C2(O)CC2)ccc(C)c1F. The molecule has 3 heteroatoms. The molecule has 2 nitrogen and oxygen atoms in total. The van der Waals surface area contributed by atoms with Gasteiger partial charge in [0.15, 0.2) is 11.6 Å². The quantitative estimate of drug-likeness (QED) is 0.785. The van der Waals surface area contributed by atoms with E-state index >= 15 is 0 Å². The molecule has 0 heterocycles. The molecule has 1 aromatic carbocycles. The zero-order valence-electron chi connectivity index (χ0n) is 8.30. The molecule has 1 aliphatic carbocycles. The highest BCUT2D eigenvalue weighted by Crippen LogP contribution is 2.49. The summed E-state index contributed by atoms with van der Waals surface area (Å²) in [4.78, 5) is 0. The highest BCUT2D eigenvalue weighted by molar-refractivity contribution is 5.44. The summed E-state index contributed by atoms with van der Waals surface area (Å²) in [6.07, 6.45) is 1.37. The van der Waals surface area contributed by atoms with Crippen LogP contribution in [0, 0.1) is 12.7 Å². The Morgan fingerprint density at radius 3 is 2.57 bits per heavy atom. The van der Waals surface area contributed by atoms with Gasteiger partial charge < -0.3 is 9.84 Å². The van der Waals surface area contributed by atoms with Crippen LogP contribution in [0.5, 0.6) is 5.75 Å². The fraction of sp³-hybridized carbons (Fsp3) is 0.455. The van der Waals surface area contributed by atoms with Gasteiger partial charge in [-0.15, -0.1) is 0 Å². The summed E-state index contributed by atoms with van der Waals surface area (Å²) in [5.41, 5.74) is 0.262. The van der Waals surface area contributed by atoms with Crippen LogP contribution >= 0.6 is 0 Å². The van der Waals surface area contributed by atoms with Crippen LogP contribution in [-0.4, -0.2) is 12.2 Å². The van der Waals surface area contributed by atoms with Crippen molar-refractivity contribution < 1.29 is 14.2 Å². The minimum absolute atomic E-state index is 0.185. The van der Waals surface area contributed by atoms with Crippen molar-refractivity contribution in [2.45, 2.75) is 25.4 Å². The van der Waals surface area contributed by atoms with E-state index in [0.29, 0.717) is 24.0 Å². The average Bonchev–Trinajstić information content (AvgIpc) is 2.89. The number of halogens is 1. The fourth-order valence-electron chi connectivity index (χ4n) is 1.61. The zero-order valence-corrected chi connectivity index (χ0v) is 8.30. The third kappa shape index (κ3) is 1.28. The molecular weight excluding hydrogens is 183 g/mol. The average molecular weight is 196 g/mol. The van der Waals surface area contributed by atoms with Gasteiger partial charge in [-0.25, -0.2) is 4.39 Å². The molecule has 0 radical (unpaired) electrons. The van der Waals surface area contributed by atoms with Crippen LogP contribution < -0.4 is 4.74 Å². The molecule has 0 aliphatic heterocycles. The van der Waals surface area contributed by atoms with E-state index in [2.05, 4.69) is 0 Å². The number of methoxy groups -OCH3 is 1. The van der Waals surface area contributed by atoms with Crippen molar-refractivity contribution in [1.29, 1.82) is 0 Å². The van der Waals surface area contributed by atoms with Gasteiger partial charge >= 0.3 is 0 Å². The van der Waals surface area contributed by atoms with Crippen LogP contribution in [-0.2, 0) is 5.60 Å². The second-order valence-corrected chi connectivity index (χ2v) is 3.81. The highest BCUT2D eigenvalue weighted by atomic mass is 19.1. The Morgan fingerprint density at radius 2 is 2.07 bits per heavy atom. The van der Waals surface area contributed by atoms with Crippen LogP contribution in [0.3, 0.4) is 0 Å². The van der Waals surface area contributed by atoms with Crippen LogP contribution in [0.15, 0.2) is 12.1 Å². The van der Waals surface area contributed by atoms with Gasteiger partial charge in [-0.1, -0.05) is 12.1 Å². The molecule has 0 unspecified atom stereocenters. The van der Waals surface area contributed by atoms with E-state index in [9.17, 15) is 9.50 Å². The van der Waals surface area contributed by atoms with Crippen LogP contribution in [0.25, 0.3) is 0 Å². The van der Waals surface area contributed by atoms with Crippen LogP contribution in [0.1, 0.15) is 24.0 Å². The maximum Gasteiger partial charge on any atom is 0.168 e. The molecule has 76 valence electrons. The largest absolute Gasteiger partial charge is 0.493 e. The first-order valence-electron chi connectivity index (χ1n) is 4.64. The molecule has 1 fully saturated rings. The molecule has 2 rings (SSSR count). The van der Waals surface area contributed by atoms with E-state index in [1.165, 1.54) is 7.11 Å². The third-order valence-electron chi connectivity index (χ3n) is 2.72. The zero-order chi connectivity index (χ0) is 10.3. The van der Waals surface area contributed by atoms with Gasteiger partial charge in [0.25, 0.3) is 0 Å². The Hall–Kier alpha value is -1.09. The monoisotopic (exact) mass is 196 g/mol. The molecule has 0 aromatic heterocycles. The number of ether oxygens (including phenoxy) is 1. The molecule has 0 amide bonds. The van der Waals surface area contributed by atoms with Gasteiger partial charge in [0, 0.05) is 5.56 Å². The first kappa shape index (κ1) is 9.46. The van der Waals surface area contributed by atoms with E-state index in [1.54, 1.807) is 19.1 Å². The Morgan fingerprint density at radius 1 is 1.43 bits per heavy atom. The van der Waals surface area contributed by atoms with Gasteiger partial charge in [-0.05, 0) is 25.3 Å². The number of benzene rings is 1. The second-order valence-electron chi connectivity index (χ2n) is 3.81. The molecule has 1 N–H and O–H groups in total. The lowest BCUT2D eigenvalue weighted by molar-refractivity contribution is 0.146. The Kier molecular flexibility index (Phi) is 2.00. The summed E-state index contributed by atoms with van der Waals surface area (Å²) in [5, 5.41) is 9.88. The molecule has 0 atom stereocenters. The van der Waals surface area contributed by atoms with Gasteiger partial charge in [-0.2, -0.15) is 0 Å². The van der Waals surface area contributed by atoms with Crippen molar-refractivity contribution in [3.63, 3.8) is 0 Å². The van der Waals surface area contributed by atoms with Crippen molar-refractivity contribution in [2.24, 2.45) is 0 Å². The van der Waals surface area contributed by atoms with Crippen LogP contribution in [0.4, 0.5) is 4.39 Å². The number of aryl methyl sites for hydroxylation is 1. The van der Waals surface area contributed by atoms with Crippen LogP contribution in [0.2, 0.25) is 0 Å². The highest BCUT2D eigenvalue weighted by Gasteiger charge is 2.44. The molecule has 0 spiro atoms. The fourth-order valence-corrected chi connectivity index (χ4v) is 1.61. The number of hydrogen-bond donors (Lipinski definition) is 1. The first-order chi connectivity index (χ1) is 6.58. The van der Waals surface area contributed by atoms with Crippen molar-refractivity contribution in [2.75, 3.05) is 7.11 Å². The van der Waals surface area contributed by atoms with Crippen molar-refractivity contribution in [1.82, 2.24) is 0 Å². The summed E-state index contributed by atoms with van der Waals surface area (Å²) in [5.74, 6) is -0.185. The van der Waals surface area contributed by atoms with Crippen molar-refractivity contribution in [3.05, 3.63) is 29.1 Å². The lowest BCUT2D eigenvalue weighted by atomic mass is 10.0. The van der Waals surface area contributed by atoms with E-state index in [1.807, 2.05) is 0 Å². The van der Waals surface area contributed by atoms with Gasteiger partial charge in [0.05, 0.1) is 12.7 Å². The topological polar surface area (TPSA) is 29.5 Å². The summed E-state index contributed by atoms with van der Waals surface area (Å²) >= 11 is 0. The first-order valence-corrected chi connectivity index (χ1v) is 4.64. The minimum atomic E-state index is -0.847. The predicted octanol–water partition coefficient (Wildman–Crippen LogP) is 2.12. The maximum absolute atomic E-state index is 13.6. The maximum atomic E-state index is 13.6. The lowest BCUT2D eigenvalue weighted by Gasteiger charge is -2.14. The van der Waals surface area contributed by atoms with Crippen molar-refractivity contribution >= 4 is 0 Å². The third-order valence-corrected chi connectivity index (χ3v) is 2.72. The number of aliphatic hydroxyl groups is 1. The van der Waals surface area contributed by atoms with Gasteiger partial charge in [0.2, 0.25) is 0 Å². The van der Waals surface area contributed by atoms with E-state index in [-0.39, 0.29) is 11.6 Å².